The summed E-state index contributed by atoms with van der Waals surface area (Å²) in [6, 6.07) is 0. The van der Waals surface area contributed by atoms with Crippen molar-refractivity contribution in [3.05, 3.63) is 0 Å². The van der Waals surface area contributed by atoms with Gasteiger partial charge in [-0.2, -0.15) is 0 Å². The van der Waals surface area contributed by atoms with E-state index in [1.54, 1.807) is 14.2 Å². The minimum absolute atomic E-state index is 0.159. The van der Waals surface area contributed by atoms with Gasteiger partial charge in [0, 0.05) is 14.2 Å². The second kappa shape index (κ2) is 9.88. The van der Waals surface area contributed by atoms with Crippen LogP contribution in [0.15, 0.2) is 0 Å². The lowest BCUT2D eigenvalue weighted by Crippen LogP contribution is -2.25. The number of methoxy groups -OCH3 is 2. The van der Waals surface area contributed by atoms with E-state index in [9.17, 15) is 0 Å². The molecule has 0 saturated carbocycles. The van der Waals surface area contributed by atoms with Gasteiger partial charge in [-0.3, -0.25) is 0 Å². The maximum Gasteiger partial charge on any atom is 0.180 e. The van der Waals surface area contributed by atoms with Crippen LogP contribution in [0.25, 0.3) is 0 Å². The van der Waals surface area contributed by atoms with Crippen LogP contribution in [0.4, 0.5) is 0 Å². The standard InChI is InChI=1S/C8H18O5/c1-10-3-5-12-8(7-9)13-6-4-11-2/h8-9H,3-7H2,1-2H3. The van der Waals surface area contributed by atoms with Crippen LogP contribution in [0, 0.1) is 0 Å². The monoisotopic (exact) mass is 194 g/mol. The molecule has 0 aromatic carbocycles. The highest BCUT2D eigenvalue weighted by Gasteiger charge is 2.06. The van der Waals surface area contributed by atoms with Gasteiger partial charge in [0.1, 0.15) is 0 Å². The zero-order chi connectivity index (χ0) is 9.94. The fourth-order valence-corrected chi connectivity index (χ4v) is 0.679. The van der Waals surface area contributed by atoms with Gasteiger partial charge in [-0.05, 0) is 0 Å². The lowest BCUT2D eigenvalue weighted by molar-refractivity contribution is -0.173. The lowest BCUT2D eigenvalue weighted by Gasteiger charge is -2.15. The van der Waals surface area contributed by atoms with Crippen LogP contribution < -0.4 is 0 Å². The predicted octanol–water partition coefficient (Wildman–Crippen LogP) is -0.369. The number of hydrogen-bond acceptors (Lipinski definition) is 5. The zero-order valence-corrected chi connectivity index (χ0v) is 8.19. The molecule has 80 valence electrons. The van der Waals surface area contributed by atoms with E-state index in [0.717, 1.165) is 0 Å². The Morgan fingerprint density at radius 3 is 1.69 bits per heavy atom. The van der Waals surface area contributed by atoms with Gasteiger partial charge >= 0.3 is 0 Å². The van der Waals surface area contributed by atoms with E-state index in [2.05, 4.69) is 0 Å². The third-order valence-electron chi connectivity index (χ3n) is 1.33. The molecular formula is C8H18O5. The van der Waals surface area contributed by atoms with Crippen molar-refractivity contribution >= 4 is 0 Å². The Morgan fingerprint density at radius 2 is 1.38 bits per heavy atom. The molecule has 0 atom stereocenters. The van der Waals surface area contributed by atoms with Gasteiger partial charge in [-0.15, -0.1) is 0 Å². The third-order valence-corrected chi connectivity index (χ3v) is 1.33. The first-order valence-electron chi connectivity index (χ1n) is 4.17. The Hall–Kier alpha value is -0.200. The summed E-state index contributed by atoms with van der Waals surface area (Å²) in [6.07, 6.45) is -0.578. The molecule has 0 saturated heterocycles. The summed E-state index contributed by atoms with van der Waals surface area (Å²) >= 11 is 0. The van der Waals surface area contributed by atoms with Crippen molar-refractivity contribution in [1.82, 2.24) is 0 Å². The Balaban J connectivity index is 3.28. The zero-order valence-electron chi connectivity index (χ0n) is 8.19. The Bertz CT molecular complexity index is 88.5. The van der Waals surface area contributed by atoms with Crippen LogP contribution in [0.5, 0.6) is 0 Å². The van der Waals surface area contributed by atoms with E-state index in [4.69, 9.17) is 24.1 Å². The summed E-state index contributed by atoms with van der Waals surface area (Å²) in [4.78, 5) is 0. The number of aliphatic hydroxyl groups excluding tert-OH is 1. The largest absolute Gasteiger partial charge is 0.391 e. The third kappa shape index (κ3) is 8.14. The minimum Gasteiger partial charge on any atom is -0.391 e. The summed E-state index contributed by atoms with van der Waals surface area (Å²) in [7, 11) is 3.17. The number of rotatable bonds is 9. The van der Waals surface area contributed by atoms with Crippen molar-refractivity contribution in [1.29, 1.82) is 0 Å². The minimum atomic E-state index is -0.578. The van der Waals surface area contributed by atoms with E-state index in [1.165, 1.54) is 0 Å². The quantitative estimate of drug-likeness (QED) is 0.401. The van der Waals surface area contributed by atoms with Gasteiger partial charge in [0.15, 0.2) is 6.29 Å². The molecule has 0 fully saturated rings. The molecular weight excluding hydrogens is 176 g/mol. The van der Waals surface area contributed by atoms with E-state index in [1.807, 2.05) is 0 Å². The molecule has 0 bridgehead atoms. The van der Waals surface area contributed by atoms with Crippen LogP contribution in [-0.4, -0.2) is 58.7 Å². The molecule has 0 rings (SSSR count). The van der Waals surface area contributed by atoms with Gasteiger partial charge < -0.3 is 24.1 Å². The molecule has 0 radical (unpaired) electrons. The van der Waals surface area contributed by atoms with Gasteiger partial charge in [-0.1, -0.05) is 0 Å². The molecule has 0 heterocycles. The van der Waals surface area contributed by atoms with Crippen molar-refractivity contribution in [2.45, 2.75) is 6.29 Å². The van der Waals surface area contributed by atoms with Crippen LogP contribution in [0.1, 0.15) is 0 Å². The molecule has 0 aliphatic rings. The number of ether oxygens (including phenoxy) is 4. The molecule has 1 N–H and O–H groups in total. The van der Waals surface area contributed by atoms with Crippen molar-refractivity contribution in [2.75, 3.05) is 47.3 Å². The summed E-state index contributed by atoms with van der Waals surface area (Å²) in [6.45, 7) is 1.64. The predicted molar refractivity (Wildman–Crippen MR) is 46.5 cm³/mol. The van der Waals surface area contributed by atoms with Crippen LogP contribution in [-0.2, 0) is 18.9 Å². The Morgan fingerprint density at radius 1 is 0.923 bits per heavy atom. The molecule has 0 aliphatic heterocycles. The molecule has 0 spiro atoms. The van der Waals surface area contributed by atoms with Gasteiger partial charge in [-0.25, -0.2) is 0 Å². The maximum atomic E-state index is 8.79. The first-order chi connectivity index (χ1) is 6.35. The molecule has 0 unspecified atom stereocenters. The molecule has 5 heteroatoms. The van der Waals surface area contributed by atoms with E-state index in [0.29, 0.717) is 26.4 Å². The summed E-state index contributed by atoms with van der Waals surface area (Å²) in [5.41, 5.74) is 0. The average molecular weight is 194 g/mol. The first-order valence-corrected chi connectivity index (χ1v) is 4.17. The lowest BCUT2D eigenvalue weighted by atomic mass is 10.6. The summed E-state index contributed by atoms with van der Waals surface area (Å²) in [5.74, 6) is 0. The van der Waals surface area contributed by atoms with Gasteiger partial charge in [0.2, 0.25) is 0 Å². The van der Waals surface area contributed by atoms with Crippen molar-refractivity contribution in [3.8, 4) is 0 Å². The summed E-state index contributed by atoms with van der Waals surface area (Å²) in [5, 5.41) is 8.79. The Labute approximate surface area is 78.5 Å². The fourth-order valence-electron chi connectivity index (χ4n) is 0.679. The molecule has 13 heavy (non-hydrogen) atoms. The van der Waals surface area contributed by atoms with Crippen LogP contribution in [0.2, 0.25) is 0 Å². The normalized spacial score (nSPS) is 11.1. The van der Waals surface area contributed by atoms with E-state index < -0.39 is 6.29 Å². The SMILES string of the molecule is COCCOC(CO)OCCOC. The van der Waals surface area contributed by atoms with Gasteiger partial charge in [0.25, 0.3) is 0 Å². The molecule has 0 aromatic heterocycles. The average Bonchev–Trinajstić information content (AvgIpc) is 2.16. The maximum absolute atomic E-state index is 8.79. The topological polar surface area (TPSA) is 57.2 Å². The van der Waals surface area contributed by atoms with Crippen molar-refractivity contribution in [2.24, 2.45) is 0 Å². The van der Waals surface area contributed by atoms with Gasteiger partial charge in [0.05, 0.1) is 33.0 Å². The molecule has 0 aliphatic carbocycles. The first kappa shape index (κ1) is 12.8. The molecule has 5 nitrogen and oxygen atoms in total. The Kier molecular flexibility index (Phi) is 9.73. The second-order valence-electron chi connectivity index (χ2n) is 2.34. The van der Waals surface area contributed by atoms with Crippen LogP contribution in [0.3, 0.4) is 0 Å². The van der Waals surface area contributed by atoms with Crippen molar-refractivity contribution in [3.63, 3.8) is 0 Å². The fraction of sp³-hybridized carbons (Fsp3) is 1.00. The highest BCUT2D eigenvalue weighted by atomic mass is 16.7. The second-order valence-corrected chi connectivity index (χ2v) is 2.34. The van der Waals surface area contributed by atoms with E-state index in [-0.39, 0.29) is 6.61 Å². The number of aliphatic hydroxyl groups is 1. The van der Waals surface area contributed by atoms with Crippen LogP contribution >= 0.6 is 0 Å². The van der Waals surface area contributed by atoms with E-state index >= 15 is 0 Å². The molecule has 0 amide bonds. The summed E-state index contributed by atoms with van der Waals surface area (Å²) < 4.78 is 19.8. The highest BCUT2D eigenvalue weighted by molar-refractivity contribution is 4.40. The molecule has 0 aromatic rings. The highest BCUT2D eigenvalue weighted by Crippen LogP contribution is 1.93. The van der Waals surface area contributed by atoms with Crippen molar-refractivity contribution < 1.29 is 24.1 Å². The number of hydrogen-bond donors (Lipinski definition) is 1. The smallest absolute Gasteiger partial charge is 0.180 e.